The number of carbonyl (C=O) groups excluding carboxylic acids is 1. The van der Waals surface area contributed by atoms with Crippen LogP contribution in [0.4, 0.5) is 0 Å². The summed E-state index contributed by atoms with van der Waals surface area (Å²) in [6.45, 7) is 2.71. The highest BCUT2D eigenvalue weighted by Crippen LogP contribution is 2.16. The normalized spacial score (nSPS) is 11.0. The third kappa shape index (κ3) is 3.06. The molecule has 2 aromatic rings. The van der Waals surface area contributed by atoms with E-state index in [1.54, 1.807) is 7.11 Å². The number of ether oxygens (including phenoxy) is 1. The Hall–Kier alpha value is -1.44. The van der Waals surface area contributed by atoms with Gasteiger partial charge in [-0.2, -0.15) is 0 Å². The van der Waals surface area contributed by atoms with Crippen molar-refractivity contribution in [1.29, 1.82) is 0 Å². The number of thiazole rings is 1. The zero-order valence-corrected chi connectivity index (χ0v) is 11.1. The van der Waals surface area contributed by atoms with E-state index < -0.39 is 0 Å². The number of aryl methyl sites for hydroxylation is 1. The van der Waals surface area contributed by atoms with Crippen LogP contribution in [0.3, 0.4) is 0 Å². The molecule has 0 saturated heterocycles. The van der Waals surface area contributed by atoms with Crippen molar-refractivity contribution in [2.45, 2.75) is 13.3 Å². The predicted molar refractivity (Wildman–Crippen MR) is 67.5 cm³/mol. The molecule has 0 aliphatic heterocycles. The molecule has 0 fully saturated rings. The molecule has 1 N–H and O–H groups in total. The first-order valence-corrected chi connectivity index (χ1v) is 6.40. The minimum Gasteiger partial charge on any atom is -0.382 e. The molecular weight excluding hydrogens is 254 g/mol. The minimum atomic E-state index is -0.183. The van der Waals surface area contributed by atoms with Crippen LogP contribution in [0, 0.1) is 6.92 Å². The Kier molecular flexibility index (Phi) is 4.29. The van der Waals surface area contributed by atoms with Gasteiger partial charge in [0.2, 0.25) is 5.91 Å². The Labute approximate surface area is 108 Å². The highest BCUT2D eigenvalue weighted by Gasteiger charge is 2.10. The van der Waals surface area contributed by atoms with E-state index in [1.165, 1.54) is 11.3 Å². The summed E-state index contributed by atoms with van der Waals surface area (Å²) in [5.41, 5.74) is 4.23. The number of hydroxylamine groups is 1. The maximum Gasteiger partial charge on any atom is 0.249 e. The topological polar surface area (TPSA) is 64.9 Å². The highest BCUT2D eigenvalue weighted by molar-refractivity contribution is 7.15. The van der Waals surface area contributed by atoms with Crippen LogP contribution in [-0.4, -0.2) is 35.6 Å². The average molecular weight is 269 g/mol. The van der Waals surface area contributed by atoms with Crippen molar-refractivity contribution in [3.05, 3.63) is 23.0 Å². The number of imidazole rings is 1. The number of carbonyl (C=O) groups is 1. The van der Waals surface area contributed by atoms with Crippen molar-refractivity contribution in [3.63, 3.8) is 0 Å². The first-order chi connectivity index (χ1) is 8.70. The molecule has 2 heterocycles. The summed E-state index contributed by atoms with van der Waals surface area (Å²) < 4.78 is 6.73. The fourth-order valence-corrected chi connectivity index (χ4v) is 2.44. The Balaban J connectivity index is 1.90. The monoisotopic (exact) mass is 269 g/mol. The summed E-state index contributed by atoms with van der Waals surface area (Å²) in [5.74, 6) is -0.183. The van der Waals surface area contributed by atoms with Crippen molar-refractivity contribution in [1.82, 2.24) is 14.9 Å². The molecule has 2 aromatic heterocycles. The molecule has 0 aliphatic carbocycles. The second-order valence-electron chi connectivity index (χ2n) is 3.81. The fraction of sp³-hybridized carbons (Fsp3) is 0.455. The summed E-state index contributed by atoms with van der Waals surface area (Å²) in [6, 6.07) is 0. The number of aromatic nitrogens is 2. The van der Waals surface area contributed by atoms with E-state index in [0.29, 0.717) is 13.2 Å². The van der Waals surface area contributed by atoms with Gasteiger partial charge in [0, 0.05) is 24.4 Å². The molecule has 18 heavy (non-hydrogen) atoms. The molecular formula is C11H15N3O3S. The van der Waals surface area contributed by atoms with Crippen LogP contribution in [0.2, 0.25) is 0 Å². The van der Waals surface area contributed by atoms with Gasteiger partial charge in [-0.15, -0.1) is 11.3 Å². The molecule has 0 radical (unpaired) electrons. The number of rotatable bonds is 6. The van der Waals surface area contributed by atoms with Crippen LogP contribution in [-0.2, 0) is 20.8 Å². The number of methoxy groups -OCH3 is 1. The van der Waals surface area contributed by atoms with Gasteiger partial charge in [0.25, 0.3) is 0 Å². The molecule has 0 unspecified atom stereocenters. The first kappa shape index (κ1) is 13.0. The third-order valence-electron chi connectivity index (χ3n) is 2.32. The van der Waals surface area contributed by atoms with Gasteiger partial charge in [-0.05, 0) is 6.92 Å². The summed E-state index contributed by atoms with van der Waals surface area (Å²) in [5, 5.41) is 1.93. The van der Waals surface area contributed by atoms with E-state index in [9.17, 15) is 4.79 Å². The largest absolute Gasteiger partial charge is 0.382 e. The smallest absolute Gasteiger partial charge is 0.249 e. The van der Waals surface area contributed by atoms with Gasteiger partial charge < -0.3 is 4.74 Å². The second kappa shape index (κ2) is 5.94. The number of nitrogens with one attached hydrogen (secondary N) is 1. The average Bonchev–Trinajstić information content (AvgIpc) is 2.86. The number of fused-ring (bicyclic) bond motifs is 1. The number of hydrogen-bond acceptors (Lipinski definition) is 5. The van der Waals surface area contributed by atoms with Crippen molar-refractivity contribution >= 4 is 22.2 Å². The molecule has 0 aromatic carbocycles. The lowest BCUT2D eigenvalue weighted by molar-refractivity contribution is -0.133. The van der Waals surface area contributed by atoms with E-state index in [1.807, 2.05) is 22.9 Å². The molecule has 98 valence electrons. The van der Waals surface area contributed by atoms with Crippen LogP contribution < -0.4 is 5.48 Å². The van der Waals surface area contributed by atoms with E-state index in [4.69, 9.17) is 9.57 Å². The lowest BCUT2D eigenvalue weighted by atomic mass is 10.3. The third-order valence-corrected chi connectivity index (χ3v) is 3.21. The van der Waals surface area contributed by atoms with Gasteiger partial charge in [-0.25, -0.2) is 10.5 Å². The van der Waals surface area contributed by atoms with Gasteiger partial charge in [0.15, 0.2) is 4.96 Å². The molecule has 7 heteroatoms. The molecule has 2 rings (SSSR count). The Bertz CT molecular complexity index is 535. The van der Waals surface area contributed by atoms with Crippen LogP contribution >= 0.6 is 11.3 Å². The van der Waals surface area contributed by atoms with E-state index in [0.717, 1.165) is 16.3 Å². The Morgan fingerprint density at radius 2 is 2.39 bits per heavy atom. The van der Waals surface area contributed by atoms with Crippen molar-refractivity contribution in [2.75, 3.05) is 20.3 Å². The van der Waals surface area contributed by atoms with Crippen molar-refractivity contribution in [2.24, 2.45) is 0 Å². The van der Waals surface area contributed by atoms with Crippen LogP contribution in [0.25, 0.3) is 4.96 Å². The highest BCUT2D eigenvalue weighted by atomic mass is 32.1. The fourth-order valence-electron chi connectivity index (χ4n) is 1.53. The minimum absolute atomic E-state index is 0.183. The molecule has 0 saturated carbocycles. The Morgan fingerprint density at radius 1 is 1.56 bits per heavy atom. The lowest BCUT2D eigenvalue weighted by Gasteiger charge is -2.04. The molecule has 6 nitrogen and oxygen atoms in total. The van der Waals surface area contributed by atoms with Crippen LogP contribution in [0.1, 0.15) is 11.4 Å². The van der Waals surface area contributed by atoms with E-state index >= 15 is 0 Å². The summed E-state index contributed by atoms with van der Waals surface area (Å²) in [4.78, 5) is 21.8. The summed E-state index contributed by atoms with van der Waals surface area (Å²) in [7, 11) is 1.58. The van der Waals surface area contributed by atoms with Crippen LogP contribution in [0.5, 0.6) is 0 Å². The Morgan fingerprint density at radius 3 is 3.17 bits per heavy atom. The van der Waals surface area contributed by atoms with Crippen LogP contribution in [0.15, 0.2) is 11.6 Å². The maximum atomic E-state index is 11.6. The second-order valence-corrected chi connectivity index (χ2v) is 4.64. The summed E-state index contributed by atoms with van der Waals surface area (Å²) in [6.07, 6.45) is 2.18. The van der Waals surface area contributed by atoms with Gasteiger partial charge in [0.05, 0.1) is 25.3 Å². The predicted octanol–water partition coefficient (Wildman–Crippen LogP) is 0.941. The number of amides is 1. The lowest BCUT2D eigenvalue weighted by Crippen LogP contribution is -2.27. The zero-order chi connectivity index (χ0) is 13.0. The summed E-state index contributed by atoms with van der Waals surface area (Å²) >= 11 is 1.52. The standard InChI is InChI=1S/C11H15N3O3S/c1-8-6-14-9(7-18-11(14)12-8)5-10(15)13-17-4-3-16-2/h6-7H,3-5H2,1-2H3,(H,13,15). The molecule has 0 atom stereocenters. The zero-order valence-electron chi connectivity index (χ0n) is 10.3. The van der Waals surface area contributed by atoms with Gasteiger partial charge in [0.1, 0.15) is 0 Å². The first-order valence-electron chi connectivity index (χ1n) is 5.52. The molecule has 0 bridgehead atoms. The van der Waals surface area contributed by atoms with Gasteiger partial charge >= 0.3 is 0 Å². The molecule has 1 amide bonds. The van der Waals surface area contributed by atoms with Gasteiger partial charge in [-0.1, -0.05) is 0 Å². The SMILES string of the molecule is COCCONC(=O)Cc1csc2nc(C)cn12. The van der Waals surface area contributed by atoms with E-state index in [-0.39, 0.29) is 12.3 Å². The van der Waals surface area contributed by atoms with Crippen molar-refractivity contribution < 1.29 is 14.4 Å². The van der Waals surface area contributed by atoms with Crippen molar-refractivity contribution in [3.8, 4) is 0 Å². The van der Waals surface area contributed by atoms with Gasteiger partial charge in [-0.3, -0.25) is 14.0 Å². The molecule has 0 spiro atoms. The van der Waals surface area contributed by atoms with E-state index in [2.05, 4.69) is 10.5 Å². The molecule has 0 aliphatic rings. The quantitative estimate of drug-likeness (QED) is 0.626. The maximum absolute atomic E-state index is 11.6. The number of nitrogens with zero attached hydrogens (tertiary/aromatic N) is 2. The number of hydrogen-bond donors (Lipinski definition) is 1.